The number of aliphatic hydroxyl groups excluding tert-OH is 2. The second-order valence-corrected chi connectivity index (χ2v) is 4.41. The predicted octanol–water partition coefficient (Wildman–Crippen LogP) is 0.423. The van der Waals surface area contributed by atoms with Crippen molar-refractivity contribution < 1.29 is 24.4 Å². The van der Waals surface area contributed by atoms with Crippen molar-refractivity contribution in [1.82, 2.24) is 5.32 Å². The van der Waals surface area contributed by atoms with Crippen molar-refractivity contribution in [3.05, 3.63) is 24.3 Å². The highest BCUT2D eigenvalue weighted by Gasteiger charge is 2.05. The van der Waals surface area contributed by atoms with E-state index in [2.05, 4.69) is 5.32 Å². The fourth-order valence-corrected chi connectivity index (χ4v) is 1.63. The summed E-state index contributed by atoms with van der Waals surface area (Å²) in [6, 6.07) is 7.30. The third kappa shape index (κ3) is 8.52. The molecule has 0 radical (unpaired) electrons. The second kappa shape index (κ2) is 11.3. The Morgan fingerprint density at radius 1 is 1.10 bits per heavy atom. The summed E-state index contributed by atoms with van der Waals surface area (Å²) in [5.74, 6) is 1.50. The monoisotopic (exact) mass is 299 g/mol. The van der Waals surface area contributed by atoms with Gasteiger partial charge in [-0.05, 0) is 31.2 Å². The Kier molecular flexibility index (Phi) is 9.56. The van der Waals surface area contributed by atoms with Crippen molar-refractivity contribution in [3.63, 3.8) is 0 Å². The molecular weight excluding hydrogens is 274 g/mol. The van der Waals surface area contributed by atoms with Crippen molar-refractivity contribution in [2.24, 2.45) is 0 Å². The summed E-state index contributed by atoms with van der Waals surface area (Å²) in [6.45, 7) is 4.71. The third-order valence-electron chi connectivity index (χ3n) is 2.62. The average molecular weight is 299 g/mol. The van der Waals surface area contributed by atoms with Crippen LogP contribution in [0, 0.1) is 0 Å². The maximum atomic E-state index is 9.76. The highest BCUT2D eigenvalue weighted by atomic mass is 16.5. The molecule has 21 heavy (non-hydrogen) atoms. The Balaban J connectivity index is 2.10. The summed E-state index contributed by atoms with van der Waals surface area (Å²) in [6.07, 6.45) is -0.589. The zero-order valence-electron chi connectivity index (χ0n) is 12.5. The fourth-order valence-electron chi connectivity index (χ4n) is 1.63. The first kappa shape index (κ1) is 17.7. The number of rotatable bonds is 12. The van der Waals surface area contributed by atoms with Crippen LogP contribution in [0.5, 0.6) is 11.5 Å². The molecule has 0 fully saturated rings. The molecule has 0 aromatic heterocycles. The van der Waals surface area contributed by atoms with Crippen LogP contribution in [0.2, 0.25) is 0 Å². The zero-order valence-corrected chi connectivity index (χ0v) is 12.5. The van der Waals surface area contributed by atoms with Crippen LogP contribution in [0.3, 0.4) is 0 Å². The first-order chi connectivity index (χ1) is 10.3. The number of hydrogen-bond donors (Lipinski definition) is 3. The zero-order chi connectivity index (χ0) is 15.3. The van der Waals surface area contributed by atoms with Crippen LogP contribution in [-0.4, -0.2) is 62.4 Å². The van der Waals surface area contributed by atoms with Gasteiger partial charge in [0.25, 0.3) is 0 Å². The molecule has 0 unspecified atom stereocenters. The van der Waals surface area contributed by atoms with Crippen LogP contribution < -0.4 is 14.8 Å². The molecule has 6 nitrogen and oxygen atoms in total. The largest absolute Gasteiger partial charge is 0.494 e. The Bertz CT molecular complexity index is 358. The maximum Gasteiger partial charge on any atom is 0.119 e. The SMILES string of the molecule is CCOc1ccc(OC[C@H](O)CNCCOCCO)cc1. The van der Waals surface area contributed by atoms with Gasteiger partial charge in [-0.15, -0.1) is 0 Å². The normalized spacial score (nSPS) is 12.1. The molecular formula is C15H25NO5. The molecule has 0 aliphatic rings. The van der Waals surface area contributed by atoms with Crippen LogP contribution in [0.25, 0.3) is 0 Å². The van der Waals surface area contributed by atoms with Gasteiger partial charge in [0, 0.05) is 13.1 Å². The fraction of sp³-hybridized carbons (Fsp3) is 0.600. The van der Waals surface area contributed by atoms with Crippen molar-refractivity contribution in [2.45, 2.75) is 13.0 Å². The molecule has 6 heteroatoms. The van der Waals surface area contributed by atoms with Crippen LogP contribution >= 0.6 is 0 Å². The van der Waals surface area contributed by atoms with Crippen molar-refractivity contribution in [2.75, 3.05) is 46.1 Å². The van der Waals surface area contributed by atoms with Crippen molar-refractivity contribution in [1.29, 1.82) is 0 Å². The summed E-state index contributed by atoms with van der Waals surface area (Å²) in [7, 11) is 0. The topological polar surface area (TPSA) is 80.2 Å². The van der Waals surface area contributed by atoms with Gasteiger partial charge in [-0.2, -0.15) is 0 Å². The van der Waals surface area contributed by atoms with E-state index in [1.54, 1.807) is 0 Å². The molecule has 120 valence electrons. The molecule has 1 aromatic rings. The summed E-state index contributed by atoms with van der Waals surface area (Å²) in [4.78, 5) is 0. The number of aliphatic hydroxyl groups is 2. The van der Waals surface area contributed by atoms with Gasteiger partial charge < -0.3 is 29.7 Å². The van der Waals surface area contributed by atoms with Crippen molar-refractivity contribution >= 4 is 0 Å². The molecule has 0 amide bonds. The highest BCUT2D eigenvalue weighted by Crippen LogP contribution is 2.17. The molecule has 0 bridgehead atoms. The van der Waals surface area contributed by atoms with Gasteiger partial charge in [0.1, 0.15) is 24.2 Å². The summed E-state index contributed by atoms with van der Waals surface area (Å²) < 4.78 is 15.9. The van der Waals surface area contributed by atoms with E-state index < -0.39 is 6.10 Å². The summed E-state index contributed by atoms with van der Waals surface area (Å²) >= 11 is 0. The number of nitrogens with one attached hydrogen (secondary N) is 1. The van der Waals surface area contributed by atoms with Crippen molar-refractivity contribution in [3.8, 4) is 11.5 Å². The van der Waals surface area contributed by atoms with E-state index in [1.807, 2.05) is 31.2 Å². The van der Waals surface area contributed by atoms with E-state index in [0.29, 0.717) is 38.7 Å². The van der Waals surface area contributed by atoms with E-state index in [1.165, 1.54) is 0 Å². The van der Waals surface area contributed by atoms with Crippen LogP contribution in [0.1, 0.15) is 6.92 Å². The van der Waals surface area contributed by atoms with Gasteiger partial charge in [-0.25, -0.2) is 0 Å². The number of ether oxygens (including phenoxy) is 3. The lowest BCUT2D eigenvalue weighted by atomic mass is 10.3. The van der Waals surface area contributed by atoms with E-state index in [4.69, 9.17) is 19.3 Å². The first-order valence-electron chi connectivity index (χ1n) is 7.19. The standard InChI is InChI=1S/C15H25NO5/c1-2-20-14-3-5-15(6-4-14)21-12-13(18)11-16-7-9-19-10-8-17/h3-6,13,16-18H,2,7-12H2,1H3/t13-/m1/s1. The van der Waals surface area contributed by atoms with Crippen LogP contribution in [0.15, 0.2) is 24.3 Å². The minimum Gasteiger partial charge on any atom is -0.494 e. The number of benzene rings is 1. The molecule has 3 N–H and O–H groups in total. The lowest BCUT2D eigenvalue weighted by Gasteiger charge is -2.13. The van der Waals surface area contributed by atoms with Gasteiger partial charge in [-0.3, -0.25) is 0 Å². The van der Waals surface area contributed by atoms with Gasteiger partial charge in [-0.1, -0.05) is 0 Å². The lowest BCUT2D eigenvalue weighted by Crippen LogP contribution is -2.33. The van der Waals surface area contributed by atoms with Crippen LogP contribution in [0.4, 0.5) is 0 Å². The van der Waals surface area contributed by atoms with Gasteiger partial charge in [0.15, 0.2) is 0 Å². The third-order valence-corrected chi connectivity index (χ3v) is 2.62. The Labute approximate surface area is 125 Å². The van der Waals surface area contributed by atoms with E-state index in [-0.39, 0.29) is 13.2 Å². The smallest absolute Gasteiger partial charge is 0.119 e. The van der Waals surface area contributed by atoms with Crippen LogP contribution in [-0.2, 0) is 4.74 Å². The molecule has 0 aliphatic heterocycles. The Morgan fingerprint density at radius 3 is 2.38 bits per heavy atom. The molecule has 0 saturated carbocycles. The highest BCUT2D eigenvalue weighted by molar-refractivity contribution is 5.31. The quantitative estimate of drug-likeness (QED) is 0.486. The summed E-state index contributed by atoms with van der Waals surface area (Å²) in [5.41, 5.74) is 0. The second-order valence-electron chi connectivity index (χ2n) is 4.41. The lowest BCUT2D eigenvalue weighted by molar-refractivity contribution is 0.0842. The predicted molar refractivity (Wildman–Crippen MR) is 79.9 cm³/mol. The number of hydrogen-bond acceptors (Lipinski definition) is 6. The average Bonchev–Trinajstić information content (AvgIpc) is 2.50. The minimum atomic E-state index is -0.589. The van der Waals surface area contributed by atoms with Gasteiger partial charge in [0.2, 0.25) is 0 Å². The Hall–Kier alpha value is -1.34. The van der Waals surface area contributed by atoms with E-state index >= 15 is 0 Å². The summed E-state index contributed by atoms with van der Waals surface area (Å²) in [5, 5.41) is 21.3. The molecule has 1 atom stereocenters. The van der Waals surface area contributed by atoms with E-state index in [9.17, 15) is 5.11 Å². The Morgan fingerprint density at radius 2 is 1.76 bits per heavy atom. The molecule has 0 saturated heterocycles. The van der Waals surface area contributed by atoms with E-state index in [0.717, 1.165) is 5.75 Å². The molecule has 1 rings (SSSR count). The van der Waals surface area contributed by atoms with Gasteiger partial charge >= 0.3 is 0 Å². The molecule has 0 aliphatic carbocycles. The molecule has 1 aromatic carbocycles. The molecule has 0 heterocycles. The maximum absolute atomic E-state index is 9.76. The first-order valence-corrected chi connectivity index (χ1v) is 7.19. The molecule has 0 spiro atoms. The van der Waals surface area contributed by atoms with Gasteiger partial charge in [0.05, 0.1) is 26.4 Å². The minimum absolute atomic E-state index is 0.0263.